The third kappa shape index (κ3) is 30.7. The predicted octanol–water partition coefficient (Wildman–Crippen LogP) is -7.13. The summed E-state index contributed by atoms with van der Waals surface area (Å²) in [6.07, 6.45) is 0. The number of carbonyl (C=O) groups excluding carboxylic acids is 1. The first-order valence-corrected chi connectivity index (χ1v) is 2.42. The zero-order valence-electron chi connectivity index (χ0n) is 7.34. The van der Waals surface area contributed by atoms with Crippen molar-refractivity contribution >= 4 is 18.4 Å². The molecule has 0 fully saturated rings. The van der Waals surface area contributed by atoms with Gasteiger partial charge < -0.3 is 39.2 Å². The number of quaternary nitrogens is 1. The van der Waals surface area contributed by atoms with Gasteiger partial charge in [0.05, 0.1) is 27.1 Å². The second-order valence-corrected chi connectivity index (χ2v) is 2.82. The summed E-state index contributed by atoms with van der Waals surface area (Å²) in [6, 6.07) is 0. The van der Waals surface area contributed by atoms with Crippen molar-refractivity contribution in [3.05, 3.63) is 0 Å². The summed E-state index contributed by atoms with van der Waals surface area (Å²) < 4.78 is 0.419. The summed E-state index contributed by atoms with van der Waals surface area (Å²) in [5.41, 5.74) is 0. The first-order chi connectivity index (χ1) is 3.42. The topological polar surface area (TPSA) is 40.1 Å². The van der Waals surface area contributed by atoms with Gasteiger partial charge in [-0.2, -0.15) is 0 Å². The van der Waals surface area contributed by atoms with Crippen molar-refractivity contribution in [3.8, 4) is 0 Å². The third-order valence-corrected chi connectivity index (χ3v) is 0.603. The molecule has 12 heavy (non-hydrogen) atoms. The van der Waals surface area contributed by atoms with E-state index >= 15 is 0 Å². The van der Waals surface area contributed by atoms with Crippen LogP contribution in [0.25, 0.3) is 0 Å². The fourth-order valence-corrected chi connectivity index (χ4v) is 0.387. The fraction of sp³-hybridized carbons (Fsp3) is 0.800. The van der Waals surface area contributed by atoms with Crippen molar-refractivity contribution in [2.45, 2.75) is 0 Å². The second-order valence-electron chi connectivity index (χ2n) is 2.82. The number of likely N-dealkylation sites (N-methyl/N-ethyl adjacent to an activating group) is 1. The molecular weight excluding hydrogens is 278 g/mol. The Kier molecular flexibility index (Phi) is 29.1. The first-order valence-electron chi connectivity index (χ1n) is 2.42. The molecule has 0 saturated carbocycles. The largest absolute Gasteiger partial charge is 2.00 e. The van der Waals surface area contributed by atoms with Crippen molar-refractivity contribution in [2.75, 3.05) is 27.7 Å². The molecule has 0 rings (SSSR count). The van der Waals surface area contributed by atoms with E-state index in [0.717, 1.165) is 0 Å². The molecule has 0 aromatic rings. The Hall–Kier alpha value is 0.923. The minimum atomic E-state index is -1.00. The molecule has 0 aliphatic carbocycles. The Morgan fingerprint density at radius 3 is 1.50 bits per heavy atom. The van der Waals surface area contributed by atoms with Crippen molar-refractivity contribution in [1.82, 2.24) is 0 Å². The van der Waals surface area contributed by atoms with Crippen LogP contribution in [0, 0.1) is 0 Å². The molecule has 0 spiro atoms. The Labute approximate surface area is 104 Å². The van der Waals surface area contributed by atoms with Crippen molar-refractivity contribution in [2.24, 2.45) is 0 Å². The van der Waals surface area contributed by atoms with E-state index in [9.17, 15) is 9.90 Å². The monoisotopic (exact) mass is 287 g/mol. The minimum absolute atomic E-state index is 0. The average Bonchev–Trinajstić information content (AvgIpc) is 1.21. The number of nitrogens with zero attached hydrogens (tertiary/aromatic N) is 1. The Bertz CT molecular complexity index is 107. The van der Waals surface area contributed by atoms with Crippen LogP contribution in [0.1, 0.15) is 0 Å². The van der Waals surface area contributed by atoms with Gasteiger partial charge in [0.25, 0.3) is 0 Å². The van der Waals surface area contributed by atoms with Crippen LogP contribution in [0.4, 0.5) is 0 Å². The fourth-order valence-electron chi connectivity index (χ4n) is 0.387. The van der Waals surface area contributed by atoms with Gasteiger partial charge in [0.1, 0.15) is 6.54 Å². The molecule has 3 nitrogen and oxygen atoms in total. The van der Waals surface area contributed by atoms with Crippen LogP contribution in [-0.4, -0.2) is 38.1 Å². The Morgan fingerprint density at radius 2 is 1.50 bits per heavy atom. The second kappa shape index (κ2) is 11.9. The van der Waals surface area contributed by atoms with Crippen LogP contribution in [0.3, 0.4) is 0 Å². The molecule has 0 aliphatic rings. The van der Waals surface area contributed by atoms with Crippen molar-refractivity contribution < 1.29 is 58.7 Å². The summed E-state index contributed by atoms with van der Waals surface area (Å²) in [4.78, 5) is 9.89. The van der Waals surface area contributed by atoms with Gasteiger partial charge in [-0.05, 0) is 0 Å². The molecule has 0 heterocycles. The van der Waals surface area contributed by atoms with Gasteiger partial charge in [0.2, 0.25) is 0 Å². The molecule has 0 radical (unpaired) electrons. The maximum absolute atomic E-state index is 9.89. The number of carbonyl (C=O) groups is 1. The van der Waals surface area contributed by atoms with Gasteiger partial charge in [0, 0.05) is 0 Å². The van der Waals surface area contributed by atoms with Crippen LogP contribution in [0.5, 0.6) is 0 Å². The van der Waals surface area contributed by atoms with E-state index in [2.05, 4.69) is 0 Å². The molecule has 0 N–H and O–H groups in total. The number of carboxylic acids is 1. The first kappa shape index (κ1) is 29.3. The summed E-state index contributed by atoms with van der Waals surface area (Å²) in [5.74, 6) is -1.00. The number of rotatable bonds is 2. The van der Waals surface area contributed by atoms with E-state index in [1.165, 1.54) is 0 Å². The summed E-state index contributed by atoms with van der Waals surface area (Å²) in [5, 5.41) is 9.89. The standard InChI is InChI=1S/C5H11NO2.3ClH.Zn/c1-6(2,3)4-5(7)8;;;;/h4H2,1-3H3;3*1H;/q;;;;+2/p-2. The third-order valence-electron chi connectivity index (χ3n) is 0.603. The molecule has 7 heteroatoms. The van der Waals surface area contributed by atoms with E-state index in [1.807, 2.05) is 0 Å². The zero-order valence-corrected chi connectivity index (χ0v) is 12.6. The van der Waals surface area contributed by atoms with E-state index < -0.39 is 5.97 Å². The van der Waals surface area contributed by atoms with Gasteiger partial charge in [-0.15, -0.1) is 12.4 Å². The van der Waals surface area contributed by atoms with Gasteiger partial charge in [0.15, 0.2) is 0 Å². The van der Waals surface area contributed by atoms with Gasteiger partial charge in [-0.1, -0.05) is 0 Å². The number of aliphatic carboxylic acids is 1. The molecular formula is C5H12Cl3NO2Zn. The average molecular weight is 290 g/mol. The molecule has 0 aromatic heterocycles. The SMILES string of the molecule is C[N+](C)(C)CC(=O)[O-].Cl.[Cl-].[Cl-].[Zn+2]. The van der Waals surface area contributed by atoms with Gasteiger partial charge in [-0.3, -0.25) is 0 Å². The molecule has 72 valence electrons. The van der Waals surface area contributed by atoms with Crippen LogP contribution in [0.15, 0.2) is 0 Å². The van der Waals surface area contributed by atoms with Crippen LogP contribution >= 0.6 is 12.4 Å². The van der Waals surface area contributed by atoms with Crippen LogP contribution in [-0.2, 0) is 24.3 Å². The zero-order chi connectivity index (χ0) is 6.78. The van der Waals surface area contributed by atoms with Crippen molar-refractivity contribution in [1.29, 1.82) is 0 Å². The van der Waals surface area contributed by atoms with Gasteiger partial charge in [-0.25, -0.2) is 0 Å². The molecule has 0 aromatic carbocycles. The summed E-state index contributed by atoms with van der Waals surface area (Å²) >= 11 is 0. The Morgan fingerprint density at radius 1 is 1.25 bits per heavy atom. The molecule has 0 saturated heterocycles. The Balaban J connectivity index is -0.0000000408. The molecule has 0 amide bonds. The minimum Gasteiger partial charge on any atom is -1.00 e. The van der Waals surface area contributed by atoms with E-state index in [4.69, 9.17) is 0 Å². The number of hydrogen-bond donors (Lipinski definition) is 0. The summed E-state index contributed by atoms with van der Waals surface area (Å²) in [7, 11) is 5.40. The number of carboxylic acid groups (broad SMARTS) is 1. The quantitative estimate of drug-likeness (QED) is 0.374. The normalized spacial score (nSPS) is 7.58. The number of hydrogen-bond acceptors (Lipinski definition) is 2. The molecule has 0 aliphatic heterocycles. The molecule has 0 atom stereocenters. The molecule has 0 unspecified atom stereocenters. The smallest absolute Gasteiger partial charge is 1.00 e. The maximum atomic E-state index is 9.89. The number of halogens is 3. The van der Waals surface area contributed by atoms with Gasteiger partial charge >= 0.3 is 19.5 Å². The molecule has 0 bridgehead atoms. The summed E-state index contributed by atoms with van der Waals surface area (Å²) in [6.45, 7) is 0.0694. The van der Waals surface area contributed by atoms with E-state index in [1.54, 1.807) is 21.1 Å². The van der Waals surface area contributed by atoms with Crippen LogP contribution < -0.4 is 29.9 Å². The predicted molar refractivity (Wildman–Crippen MR) is 35.2 cm³/mol. The van der Waals surface area contributed by atoms with E-state index in [0.29, 0.717) is 4.48 Å². The van der Waals surface area contributed by atoms with Crippen LogP contribution in [0.2, 0.25) is 0 Å². The maximum Gasteiger partial charge on any atom is 2.00 e. The van der Waals surface area contributed by atoms with Crippen molar-refractivity contribution in [3.63, 3.8) is 0 Å². The van der Waals surface area contributed by atoms with E-state index in [-0.39, 0.29) is 63.2 Å².